The first-order chi connectivity index (χ1) is 7.20. The molecule has 0 unspecified atom stereocenters. The maximum Gasteiger partial charge on any atom is 0.358 e. The smallest absolute Gasteiger partial charge is 0.358 e. The average molecular weight is 272 g/mol. The third kappa shape index (κ3) is 2.79. The second kappa shape index (κ2) is 5.50. The van der Waals surface area contributed by atoms with Crippen LogP contribution in [0.2, 0.25) is 0 Å². The summed E-state index contributed by atoms with van der Waals surface area (Å²) >= 11 is 3.29. The van der Waals surface area contributed by atoms with Crippen LogP contribution in [-0.2, 0) is 15.0 Å². The van der Waals surface area contributed by atoms with E-state index in [0.717, 1.165) is 5.56 Å². The molecule has 0 saturated heterocycles. The lowest BCUT2D eigenvalue weighted by molar-refractivity contribution is -0.129. The number of aliphatic carboxylic acids is 1. The lowest BCUT2D eigenvalue weighted by atomic mass is 10.0. The van der Waals surface area contributed by atoms with Crippen LogP contribution in [0, 0.1) is 0 Å². The number of halogens is 1. The van der Waals surface area contributed by atoms with Crippen LogP contribution in [0.4, 0.5) is 0 Å². The summed E-state index contributed by atoms with van der Waals surface area (Å²) in [6.45, 7) is 0. The summed E-state index contributed by atoms with van der Waals surface area (Å²) < 4.78 is 0. The molecule has 0 radical (unpaired) electrons. The molecule has 0 atom stereocenters. The van der Waals surface area contributed by atoms with Crippen LogP contribution in [-0.4, -0.2) is 23.9 Å². The van der Waals surface area contributed by atoms with Gasteiger partial charge >= 0.3 is 5.97 Å². The minimum atomic E-state index is -1.11. The Morgan fingerprint density at radius 1 is 1.53 bits per heavy atom. The summed E-state index contributed by atoms with van der Waals surface area (Å²) in [6, 6.07) is 7.13. The van der Waals surface area contributed by atoms with Crippen molar-refractivity contribution in [3.05, 3.63) is 35.4 Å². The van der Waals surface area contributed by atoms with Crippen molar-refractivity contribution >= 4 is 27.6 Å². The number of carbonyl (C=O) groups is 1. The Balaban J connectivity index is 3.22. The third-order valence-corrected chi connectivity index (χ3v) is 2.41. The maximum absolute atomic E-state index is 10.9. The highest BCUT2D eigenvalue weighted by molar-refractivity contribution is 9.08. The predicted molar refractivity (Wildman–Crippen MR) is 60.3 cm³/mol. The van der Waals surface area contributed by atoms with E-state index in [2.05, 4.69) is 25.9 Å². The van der Waals surface area contributed by atoms with Gasteiger partial charge in [0.25, 0.3) is 0 Å². The van der Waals surface area contributed by atoms with Crippen molar-refractivity contribution in [2.75, 3.05) is 7.11 Å². The van der Waals surface area contributed by atoms with Crippen molar-refractivity contribution in [3.63, 3.8) is 0 Å². The zero-order valence-electron chi connectivity index (χ0n) is 8.11. The van der Waals surface area contributed by atoms with E-state index in [0.29, 0.717) is 10.9 Å². The summed E-state index contributed by atoms with van der Waals surface area (Å²) in [6.07, 6.45) is 0. The fourth-order valence-corrected chi connectivity index (χ4v) is 1.65. The number of hydrogen-bond acceptors (Lipinski definition) is 3. The van der Waals surface area contributed by atoms with E-state index in [1.165, 1.54) is 7.11 Å². The lowest BCUT2D eigenvalue weighted by Gasteiger charge is -2.05. The molecule has 0 heterocycles. The highest BCUT2D eigenvalue weighted by Gasteiger charge is 2.16. The van der Waals surface area contributed by atoms with Gasteiger partial charge in [-0.2, -0.15) is 0 Å². The van der Waals surface area contributed by atoms with E-state index < -0.39 is 5.97 Å². The molecule has 5 heteroatoms. The summed E-state index contributed by atoms with van der Waals surface area (Å²) in [5.74, 6) is -1.11. The lowest BCUT2D eigenvalue weighted by Crippen LogP contribution is -2.16. The Hall–Kier alpha value is -1.36. The molecule has 1 aromatic rings. The Kier molecular flexibility index (Phi) is 4.30. The highest BCUT2D eigenvalue weighted by Crippen LogP contribution is 2.14. The number of benzene rings is 1. The number of oxime groups is 1. The molecule has 0 aliphatic carbocycles. The summed E-state index contributed by atoms with van der Waals surface area (Å²) in [5.41, 5.74) is 1.33. The van der Waals surface area contributed by atoms with Crippen LogP contribution in [0.25, 0.3) is 0 Å². The zero-order chi connectivity index (χ0) is 11.3. The molecule has 0 aliphatic rings. The van der Waals surface area contributed by atoms with Gasteiger partial charge in [0.05, 0.1) is 0 Å². The van der Waals surface area contributed by atoms with Gasteiger partial charge in [-0.25, -0.2) is 4.79 Å². The number of hydrogen-bond donors (Lipinski definition) is 1. The monoisotopic (exact) mass is 271 g/mol. The van der Waals surface area contributed by atoms with E-state index >= 15 is 0 Å². The van der Waals surface area contributed by atoms with Gasteiger partial charge in [-0.3, -0.25) is 0 Å². The Morgan fingerprint density at radius 2 is 2.20 bits per heavy atom. The van der Waals surface area contributed by atoms with E-state index in [9.17, 15) is 4.79 Å². The largest absolute Gasteiger partial charge is 0.476 e. The zero-order valence-corrected chi connectivity index (χ0v) is 9.69. The van der Waals surface area contributed by atoms with Crippen molar-refractivity contribution in [1.29, 1.82) is 0 Å². The summed E-state index contributed by atoms with van der Waals surface area (Å²) in [4.78, 5) is 15.4. The minimum Gasteiger partial charge on any atom is -0.476 e. The van der Waals surface area contributed by atoms with Crippen LogP contribution in [0.15, 0.2) is 29.4 Å². The quantitative estimate of drug-likeness (QED) is 0.518. The van der Waals surface area contributed by atoms with Gasteiger partial charge in [-0.1, -0.05) is 45.4 Å². The fourth-order valence-electron chi connectivity index (χ4n) is 1.16. The third-order valence-electron chi connectivity index (χ3n) is 1.80. The molecule has 0 saturated carbocycles. The van der Waals surface area contributed by atoms with Crippen LogP contribution in [0.3, 0.4) is 0 Å². The fraction of sp³-hybridized carbons (Fsp3) is 0.200. The van der Waals surface area contributed by atoms with Gasteiger partial charge in [0, 0.05) is 10.9 Å². The van der Waals surface area contributed by atoms with Gasteiger partial charge in [0.15, 0.2) is 5.71 Å². The number of carboxylic acid groups (broad SMARTS) is 1. The van der Waals surface area contributed by atoms with Crippen LogP contribution in [0.1, 0.15) is 11.1 Å². The second-order valence-corrected chi connectivity index (χ2v) is 3.28. The molecule has 0 amide bonds. The Labute approximate surface area is 95.7 Å². The molecule has 1 N–H and O–H groups in total. The Bertz CT molecular complexity index is 390. The topological polar surface area (TPSA) is 58.9 Å². The molecule has 0 aromatic heterocycles. The number of nitrogens with zero attached hydrogens (tertiary/aromatic N) is 1. The number of rotatable bonds is 4. The van der Waals surface area contributed by atoms with Crippen LogP contribution in [0.5, 0.6) is 0 Å². The molecule has 4 nitrogen and oxygen atoms in total. The van der Waals surface area contributed by atoms with Gasteiger partial charge in [0.1, 0.15) is 7.11 Å². The van der Waals surface area contributed by atoms with Gasteiger partial charge in [-0.15, -0.1) is 0 Å². The first-order valence-corrected chi connectivity index (χ1v) is 5.31. The first-order valence-electron chi connectivity index (χ1n) is 4.19. The summed E-state index contributed by atoms with van der Waals surface area (Å²) in [7, 11) is 1.32. The standard InChI is InChI=1S/C10H10BrNO3/c1-15-12-9(10(13)14)8-5-3-2-4-7(8)6-11/h2-5H,6H2,1H3,(H,13,14)/b12-9+. The number of carboxylic acids is 1. The predicted octanol–water partition coefficient (Wildman–Crippen LogP) is 2.02. The summed E-state index contributed by atoms with van der Waals surface area (Å²) in [5, 5.41) is 13.0. The van der Waals surface area contributed by atoms with Crippen molar-refractivity contribution in [3.8, 4) is 0 Å². The van der Waals surface area contributed by atoms with Gasteiger partial charge in [-0.05, 0) is 5.56 Å². The van der Waals surface area contributed by atoms with Crippen molar-refractivity contribution in [2.45, 2.75) is 5.33 Å². The minimum absolute atomic E-state index is 0.0902. The molecular weight excluding hydrogens is 262 g/mol. The van der Waals surface area contributed by atoms with Gasteiger partial charge < -0.3 is 9.94 Å². The highest BCUT2D eigenvalue weighted by atomic mass is 79.9. The van der Waals surface area contributed by atoms with E-state index in [4.69, 9.17) is 5.11 Å². The van der Waals surface area contributed by atoms with E-state index in [1.807, 2.05) is 12.1 Å². The molecule has 1 rings (SSSR count). The van der Waals surface area contributed by atoms with Crippen molar-refractivity contribution in [1.82, 2.24) is 0 Å². The molecule has 0 bridgehead atoms. The van der Waals surface area contributed by atoms with E-state index in [1.54, 1.807) is 12.1 Å². The van der Waals surface area contributed by atoms with Gasteiger partial charge in [0.2, 0.25) is 0 Å². The molecule has 0 spiro atoms. The molecule has 0 aliphatic heterocycles. The Morgan fingerprint density at radius 3 is 2.73 bits per heavy atom. The molecule has 0 fully saturated rings. The normalized spacial score (nSPS) is 11.2. The number of alkyl halides is 1. The molecule has 1 aromatic carbocycles. The van der Waals surface area contributed by atoms with Crippen LogP contribution < -0.4 is 0 Å². The molecule has 15 heavy (non-hydrogen) atoms. The molecule has 80 valence electrons. The molecular formula is C10H10BrNO3. The first kappa shape index (κ1) is 11.7. The SMILES string of the molecule is CO/N=C(/C(=O)O)c1ccccc1CBr. The van der Waals surface area contributed by atoms with E-state index in [-0.39, 0.29) is 5.71 Å². The van der Waals surface area contributed by atoms with Crippen molar-refractivity contribution in [2.24, 2.45) is 5.16 Å². The second-order valence-electron chi connectivity index (χ2n) is 2.72. The van der Waals surface area contributed by atoms with Crippen molar-refractivity contribution < 1.29 is 14.7 Å². The van der Waals surface area contributed by atoms with Crippen LogP contribution >= 0.6 is 15.9 Å². The maximum atomic E-state index is 10.9. The average Bonchev–Trinajstić information content (AvgIpc) is 2.25.